The largest absolute Gasteiger partial charge is 0.497 e. The van der Waals surface area contributed by atoms with Crippen LogP contribution in [0.5, 0.6) is 5.75 Å². The molecule has 1 N–H and O–H groups in total. The Hall–Kier alpha value is -3.16. The molecule has 1 heterocycles. The van der Waals surface area contributed by atoms with E-state index in [9.17, 15) is 19.5 Å². The van der Waals surface area contributed by atoms with E-state index in [-0.39, 0.29) is 57.9 Å². The topological polar surface area (TPSA) is 111 Å². The molecule has 0 saturated heterocycles. The first-order chi connectivity index (χ1) is 25.2. The summed E-state index contributed by atoms with van der Waals surface area (Å²) >= 11 is 0. The molecule has 2 unspecified atom stereocenters. The van der Waals surface area contributed by atoms with Crippen LogP contribution in [0.3, 0.4) is 0 Å². The lowest BCUT2D eigenvalue weighted by Gasteiger charge is -2.72. The molecule has 1 aliphatic heterocycles. The second-order valence-electron chi connectivity index (χ2n) is 20.3. The lowest BCUT2D eigenvalue weighted by Crippen LogP contribution is -2.66. The number of ketones is 1. The van der Waals surface area contributed by atoms with Gasteiger partial charge in [0.05, 0.1) is 24.4 Å². The molecule has 9 atom stereocenters. The summed E-state index contributed by atoms with van der Waals surface area (Å²) in [6, 6.07) is 8.17. The number of Topliss-reactive ketones (excluding diaryl/α,β-unsaturated/α-hetero) is 1. The smallest absolute Gasteiger partial charge is 0.309 e. The Morgan fingerprint density at radius 3 is 2.28 bits per heavy atom. The van der Waals surface area contributed by atoms with Gasteiger partial charge in [-0.25, -0.2) is 0 Å². The van der Waals surface area contributed by atoms with Crippen LogP contribution in [0.1, 0.15) is 145 Å². The third-order valence-electron chi connectivity index (χ3n) is 16.6. The molecule has 0 aromatic heterocycles. The molecule has 1 aromatic carbocycles. The summed E-state index contributed by atoms with van der Waals surface area (Å²) in [4.78, 5) is 44.3. The van der Waals surface area contributed by atoms with Crippen molar-refractivity contribution in [3.05, 3.63) is 41.0 Å². The molecule has 4 saturated carbocycles. The Morgan fingerprint density at radius 2 is 1.63 bits per heavy atom. The number of fused-ring (bicyclic) bond motifs is 7. The van der Waals surface area contributed by atoms with Crippen LogP contribution in [0.2, 0.25) is 0 Å². The third kappa shape index (κ3) is 5.72. The number of hydrogen-bond acceptors (Lipinski definition) is 7. The van der Waals surface area contributed by atoms with Gasteiger partial charge in [0.25, 0.3) is 0 Å². The van der Waals surface area contributed by atoms with Crippen molar-refractivity contribution in [2.45, 2.75) is 145 Å². The Kier molecular flexibility index (Phi) is 9.57. The number of aliphatic carboxylic acids is 1. The van der Waals surface area contributed by atoms with Crippen molar-refractivity contribution in [2.24, 2.45) is 61.2 Å². The molecule has 0 radical (unpaired) electrons. The maximum atomic E-state index is 14.3. The Bertz CT molecular complexity index is 1760. The molecule has 54 heavy (non-hydrogen) atoms. The van der Waals surface area contributed by atoms with E-state index in [1.165, 1.54) is 5.57 Å². The average molecular weight is 744 g/mol. The van der Waals surface area contributed by atoms with Crippen molar-refractivity contribution in [2.75, 3.05) is 13.7 Å². The number of rotatable bonds is 8. The molecular formula is C46H65NO7. The Balaban J connectivity index is 1.18. The molecule has 0 spiro atoms. The second-order valence-corrected chi connectivity index (χ2v) is 20.3. The van der Waals surface area contributed by atoms with Gasteiger partial charge in [-0.2, -0.15) is 0 Å². The fraction of sp³-hybridized carbons (Fsp3) is 0.739. The highest BCUT2D eigenvalue weighted by Crippen LogP contribution is 2.77. The quantitative estimate of drug-likeness (QED) is 0.264. The van der Waals surface area contributed by atoms with Gasteiger partial charge < -0.3 is 19.3 Å². The molecule has 4 fully saturated rings. The molecule has 8 nitrogen and oxygen atoms in total. The van der Waals surface area contributed by atoms with Gasteiger partial charge in [-0.1, -0.05) is 60.6 Å². The number of allylic oxidation sites excluding steroid dienone is 1. The predicted molar refractivity (Wildman–Crippen MR) is 209 cm³/mol. The number of esters is 1. The van der Waals surface area contributed by atoms with E-state index in [1.807, 2.05) is 12.1 Å². The molecule has 0 amide bonds. The van der Waals surface area contributed by atoms with Crippen LogP contribution in [-0.4, -0.2) is 48.5 Å². The highest BCUT2D eigenvalue weighted by atomic mass is 16.5. The van der Waals surface area contributed by atoms with Crippen molar-refractivity contribution >= 4 is 23.6 Å². The van der Waals surface area contributed by atoms with Crippen LogP contribution in [0.15, 0.2) is 40.4 Å². The molecule has 0 bridgehead atoms. The van der Waals surface area contributed by atoms with Crippen LogP contribution >= 0.6 is 0 Å². The fourth-order valence-electron chi connectivity index (χ4n) is 13.5. The summed E-state index contributed by atoms with van der Waals surface area (Å²) in [6.45, 7) is 20.5. The van der Waals surface area contributed by atoms with Crippen molar-refractivity contribution in [1.29, 1.82) is 0 Å². The molecule has 8 heteroatoms. The molecule has 296 valence electrons. The third-order valence-corrected chi connectivity index (χ3v) is 16.6. The number of benzene rings is 1. The second kappa shape index (κ2) is 13.2. The number of hydrogen-bond donors (Lipinski definition) is 1. The van der Waals surface area contributed by atoms with E-state index in [2.05, 4.69) is 60.6 Å². The highest BCUT2D eigenvalue weighted by molar-refractivity contribution is 6.07. The van der Waals surface area contributed by atoms with Gasteiger partial charge in [0.2, 0.25) is 0 Å². The van der Waals surface area contributed by atoms with Crippen molar-refractivity contribution in [1.82, 2.24) is 0 Å². The SMILES string of the molecule is COc1ccc([C@H]2CCN=C([C@@]34CC[C@]5(C)[C@H](CCC6[C@@]7(C)CC[C@H](OC(=O)CC(C)(C)C(=O)O)C(C)(C)C7CC[C@]65C)C3=C(C(C)C)C(=O)C4)O2)cc1. The summed E-state index contributed by atoms with van der Waals surface area (Å²) in [5, 5.41) is 9.64. The van der Waals surface area contributed by atoms with E-state index >= 15 is 0 Å². The number of carbonyl (C=O) groups is 3. The molecule has 7 rings (SSSR count). The Labute approximate surface area is 323 Å². The standard InChI is InChI=1S/C46H65NO7/c1-27(2)37-31(48)25-46(39-47-24-19-32(53-39)28-11-13-29(52-10)14-12-28)23-22-44(8)30(38(37)46)15-16-34-43(7)20-18-35(54-36(49)26-41(3,4)40(50)51)42(5,6)33(43)17-21-45(34,44)9/h11-14,27,30,32-35H,15-26H2,1-10H3,(H,50,51)/t30-,32-,33?,34?,35+,43+,44-,45-,46-/m1/s1. The zero-order chi connectivity index (χ0) is 39.2. The molecule has 6 aliphatic rings. The maximum Gasteiger partial charge on any atom is 0.309 e. The average Bonchev–Trinajstić information content (AvgIpc) is 3.43. The molecule has 1 aromatic rings. The lowest BCUT2D eigenvalue weighted by molar-refractivity contribution is -0.232. The molecular weight excluding hydrogens is 679 g/mol. The number of nitrogens with zero attached hydrogens (tertiary/aromatic N) is 1. The first-order valence-electron chi connectivity index (χ1n) is 20.8. The number of carboxylic acids is 1. The van der Waals surface area contributed by atoms with Gasteiger partial charge in [-0.3, -0.25) is 19.4 Å². The highest BCUT2D eigenvalue weighted by Gasteiger charge is 2.71. The van der Waals surface area contributed by atoms with Crippen molar-refractivity contribution < 1.29 is 33.7 Å². The minimum absolute atomic E-state index is 0.00791. The fourth-order valence-corrected chi connectivity index (χ4v) is 13.5. The number of carbonyl (C=O) groups excluding carboxylic acids is 2. The van der Waals surface area contributed by atoms with E-state index < -0.39 is 22.8 Å². The van der Waals surface area contributed by atoms with Gasteiger partial charge in [-0.05, 0) is 134 Å². The number of ether oxygens (including phenoxy) is 3. The predicted octanol–water partition coefficient (Wildman–Crippen LogP) is 9.95. The van der Waals surface area contributed by atoms with Crippen molar-refractivity contribution in [3.8, 4) is 5.75 Å². The van der Waals surface area contributed by atoms with Gasteiger partial charge in [-0.15, -0.1) is 0 Å². The number of carboxylic acid groups (broad SMARTS) is 1. The monoisotopic (exact) mass is 743 g/mol. The van der Waals surface area contributed by atoms with Gasteiger partial charge in [0.1, 0.15) is 18.0 Å². The van der Waals surface area contributed by atoms with Crippen molar-refractivity contribution in [3.63, 3.8) is 0 Å². The summed E-state index contributed by atoms with van der Waals surface area (Å²) in [5.41, 5.74) is 1.80. The molecule has 5 aliphatic carbocycles. The van der Waals surface area contributed by atoms with Crippen LogP contribution in [0.4, 0.5) is 0 Å². The van der Waals surface area contributed by atoms with Gasteiger partial charge in [0.15, 0.2) is 11.7 Å². The van der Waals surface area contributed by atoms with Crippen LogP contribution in [-0.2, 0) is 23.9 Å². The summed E-state index contributed by atoms with van der Waals surface area (Å²) < 4.78 is 18.6. The minimum Gasteiger partial charge on any atom is -0.497 e. The van der Waals surface area contributed by atoms with Crippen LogP contribution in [0.25, 0.3) is 0 Å². The van der Waals surface area contributed by atoms with Crippen LogP contribution in [0, 0.1) is 56.2 Å². The minimum atomic E-state index is -1.16. The van der Waals surface area contributed by atoms with E-state index in [0.717, 1.165) is 80.6 Å². The van der Waals surface area contributed by atoms with Crippen LogP contribution < -0.4 is 4.74 Å². The summed E-state index contributed by atoms with van der Waals surface area (Å²) in [5.74, 6) is 1.80. The maximum absolute atomic E-state index is 14.3. The summed E-state index contributed by atoms with van der Waals surface area (Å²) in [7, 11) is 1.68. The first kappa shape index (κ1) is 39.1. The first-order valence-corrected chi connectivity index (χ1v) is 20.8. The van der Waals surface area contributed by atoms with Gasteiger partial charge in [0, 0.05) is 24.8 Å². The zero-order valence-corrected chi connectivity index (χ0v) is 34.6. The number of aliphatic imine (C=N–C) groups is 1. The van der Waals surface area contributed by atoms with E-state index in [4.69, 9.17) is 19.2 Å². The van der Waals surface area contributed by atoms with Gasteiger partial charge >= 0.3 is 11.9 Å². The van der Waals surface area contributed by atoms with E-state index in [0.29, 0.717) is 24.8 Å². The lowest BCUT2D eigenvalue weighted by atomic mass is 9.33. The number of methoxy groups -OCH3 is 1. The normalized spacial score (nSPS) is 38.7. The summed E-state index contributed by atoms with van der Waals surface area (Å²) in [6.07, 6.45) is 8.83. The Morgan fingerprint density at radius 1 is 0.926 bits per heavy atom. The zero-order valence-electron chi connectivity index (χ0n) is 34.6. The van der Waals surface area contributed by atoms with E-state index in [1.54, 1.807) is 21.0 Å².